The molecule has 1 N–H and O–H groups in total. The van der Waals surface area contributed by atoms with E-state index in [4.69, 9.17) is 14.8 Å². The van der Waals surface area contributed by atoms with Crippen LogP contribution < -0.4 is 0 Å². The maximum Gasteiger partial charge on any atom is 0.371 e. The van der Waals surface area contributed by atoms with Crippen LogP contribution in [-0.2, 0) is 0 Å². The van der Waals surface area contributed by atoms with Gasteiger partial charge in [-0.3, -0.25) is 10.1 Å². The zero-order valence-electron chi connectivity index (χ0n) is 9.64. The Labute approximate surface area is 115 Å². The third-order valence-corrected chi connectivity index (χ3v) is 3.10. The Morgan fingerprint density at radius 2 is 2.30 bits per heavy atom. The highest BCUT2D eigenvalue weighted by Crippen LogP contribution is 2.31. The zero-order chi connectivity index (χ0) is 14.7. The smallest absolute Gasteiger partial charge is 0.371 e. The van der Waals surface area contributed by atoms with Crippen LogP contribution in [-0.4, -0.2) is 21.0 Å². The molecule has 100 valence electrons. The van der Waals surface area contributed by atoms with Crippen LogP contribution in [0.5, 0.6) is 0 Å². The van der Waals surface area contributed by atoms with Gasteiger partial charge in [0.2, 0.25) is 5.76 Å². The molecule has 0 spiro atoms. The standard InChI is InChI=1S/C11H5N3O5S/c12-4-6-3-7(14(17)18)5-13-10(6)20-9-2-1-8(19-9)11(15)16/h1-3,5H,(H,15,16). The lowest BCUT2D eigenvalue weighted by Crippen LogP contribution is -1.93. The molecule has 0 saturated carbocycles. The molecule has 0 aliphatic heterocycles. The molecule has 0 aliphatic rings. The number of aromatic nitrogens is 1. The van der Waals surface area contributed by atoms with E-state index in [1.807, 2.05) is 0 Å². The van der Waals surface area contributed by atoms with E-state index in [9.17, 15) is 14.9 Å². The number of rotatable bonds is 4. The molecule has 2 rings (SSSR count). The Morgan fingerprint density at radius 1 is 1.55 bits per heavy atom. The van der Waals surface area contributed by atoms with Gasteiger partial charge in [0.25, 0.3) is 5.69 Å². The summed E-state index contributed by atoms with van der Waals surface area (Å²) in [4.78, 5) is 24.4. The lowest BCUT2D eigenvalue weighted by atomic mass is 10.3. The highest BCUT2D eigenvalue weighted by molar-refractivity contribution is 7.99. The molecule has 0 radical (unpaired) electrons. The summed E-state index contributed by atoms with van der Waals surface area (Å²) in [5, 5.41) is 28.7. The van der Waals surface area contributed by atoms with Gasteiger partial charge in [-0.2, -0.15) is 5.26 Å². The Bertz CT molecular complexity index is 734. The first-order chi connectivity index (χ1) is 9.51. The molecular formula is C11H5N3O5S. The van der Waals surface area contributed by atoms with Crippen LogP contribution in [0.4, 0.5) is 5.69 Å². The van der Waals surface area contributed by atoms with Gasteiger partial charge in [-0.1, -0.05) is 0 Å². The van der Waals surface area contributed by atoms with Crippen molar-refractivity contribution in [2.45, 2.75) is 10.1 Å². The molecule has 2 aromatic rings. The van der Waals surface area contributed by atoms with Crippen LogP contribution in [0.15, 0.2) is 38.9 Å². The van der Waals surface area contributed by atoms with E-state index < -0.39 is 10.9 Å². The predicted molar refractivity (Wildman–Crippen MR) is 65.4 cm³/mol. The number of furan rings is 1. The number of nitrogens with zero attached hydrogens (tertiary/aromatic N) is 3. The minimum Gasteiger partial charge on any atom is -0.475 e. The highest BCUT2D eigenvalue weighted by atomic mass is 32.2. The minimum absolute atomic E-state index is 0.0116. The summed E-state index contributed by atoms with van der Waals surface area (Å²) < 4.78 is 5.01. The minimum atomic E-state index is -1.21. The van der Waals surface area contributed by atoms with Gasteiger partial charge in [0.15, 0.2) is 5.09 Å². The number of carboxylic acid groups (broad SMARTS) is 1. The van der Waals surface area contributed by atoms with Gasteiger partial charge in [-0.25, -0.2) is 9.78 Å². The average Bonchev–Trinajstić information content (AvgIpc) is 2.87. The highest BCUT2D eigenvalue weighted by Gasteiger charge is 2.16. The van der Waals surface area contributed by atoms with E-state index in [2.05, 4.69) is 4.98 Å². The second-order valence-electron chi connectivity index (χ2n) is 3.44. The molecule has 0 bridgehead atoms. The molecule has 0 fully saturated rings. The van der Waals surface area contributed by atoms with Gasteiger partial charge < -0.3 is 9.52 Å². The van der Waals surface area contributed by atoms with Crippen LogP contribution in [0.2, 0.25) is 0 Å². The van der Waals surface area contributed by atoms with Gasteiger partial charge in [-0.15, -0.1) is 0 Å². The van der Waals surface area contributed by atoms with Crippen LogP contribution in [0.3, 0.4) is 0 Å². The van der Waals surface area contributed by atoms with Crippen molar-refractivity contribution in [1.29, 1.82) is 5.26 Å². The Balaban J connectivity index is 2.31. The van der Waals surface area contributed by atoms with Gasteiger partial charge in [0, 0.05) is 6.07 Å². The zero-order valence-corrected chi connectivity index (χ0v) is 10.5. The number of aromatic carboxylic acids is 1. The number of nitriles is 1. The maximum atomic E-state index is 10.7. The topological polar surface area (TPSA) is 130 Å². The SMILES string of the molecule is N#Cc1cc([N+](=O)[O-])cnc1Sc1ccc(C(=O)O)o1. The number of hydrogen-bond donors (Lipinski definition) is 1. The van der Waals surface area contributed by atoms with Crippen molar-refractivity contribution in [3.05, 3.63) is 45.8 Å². The van der Waals surface area contributed by atoms with E-state index in [1.165, 1.54) is 12.1 Å². The normalized spacial score (nSPS) is 9.95. The molecule has 8 nitrogen and oxygen atoms in total. The van der Waals surface area contributed by atoms with Crippen LogP contribution in [0.1, 0.15) is 16.1 Å². The third kappa shape index (κ3) is 2.76. The monoisotopic (exact) mass is 291 g/mol. The fraction of sp³-hybridized carbons (Fsp3) is 0. The quantitative estimate of drug-likeness (QED) is 0.670. The summed E-state index contributed by atoms with van der Waals surface area (Å²) >= 11 is 0.911. The van der Waals surface area contributed by atoms with Gasteiger partial charge >= 0.3 is 5.97 Å². The van der Waals surface area contributed by atoms with Crippen molar-refractivity contribution in [2.75, 3.05) is 0 Å². The maximum absolute atomic E-state index is 10.7. The second kappa shape index (κ2) is 5.41. The van der Waals surface area contributed by atoms with Crippen LogP contribution in [0, 0.1) is 21.4 Å². The van der Waals surface area contributed by atoms with Crippen molar-refractivity contribution >= 4 is 23.4 Å². The molecule has 0 unspecified atom stereocenters. The second-order valence-corrected chi connectivity index (χ2v) is 4.43. The van der Waals surface area contributed by atoms with Crippen molar-refractivity contribution in [3.8, 4) is 6.07 Å². The van der Waals surface area contributed by atoms with E-state index in [-0.39, 0.29) is 27.1 Å². The number of hydrogen-bond acceptors (Lipinski definition) is 7. The van der Waals surface area contributed by atoms with Crippen molar-refractivity contribution in [2.24, 2.45) is 0 Å². The molecular weight excluding hydrogens is 286 g/mol. The molecule has 0 aliphatic carbocycles. The average molecular weight is 291 g/mol. The predicted octanol–water partition coefficient (Wildman–Crippen LogP) is 2.30. The van der Waals surface area contributed by atoms with Crippen molar-refractivity contribution < 1.29 is 19.2 Å². The van der Waals surface area contributed by atoms with Crippen LogP contribution >= 0.6 is 11.8 Å². The first-order valence-corrected chi connectivity index (χ1v) is 5.88. The molecule has 2 heterocycles. The third-order valence-electron chi connectivity index (χ3n) is 2.16. The van der Waals surface area contributed by atoms with Gasteiger partial charge in [0.05, 0.1) is 10.5 Å². The molecule has 0 aromatic carbocycles. The molecule has 9 heteroatoms. The first-order valence-electron chi connectivity index (χ1n) is 5.07. The molecule has 0 amide bonds. The number of nitro groups is 1. The Hall–Kier alpha value is -2.86. The summed E-state index contributed by atoms with van der Waals surface area (Å²) in [5.41, 5.74) is -0.283. The van der Waals surface area contributed by atoms with E-state index in [1.54, 1.807) is 6.07 Å². The van der Waals surface area contributed by atoms with E-state index >= 15 is 0 Å². The molecule has 0 atom stereocenters. The number of carboxylic acids is 1. The van der Waals surface area contributed by atoms with Crippen molar-refractivity contribution in [3.63, 3.8) is 0 Å². The van der Waals surface area contributed by atoms with Crippen LogP contribution in [0.25, 0.3) is 0 Å². The van der Waals surface area contributed by atoms with E-state index in [0.29, 0.717) is 0 Å². The molecule has 0 saturated heterocycles. The summed E-state index contributed by atoms with van der Waals surface area (Å²) in [6.45, 7) is 0. The summed E-state index contributed by atoms with van der Waals surface area (Å²) in [6, 6.07) is 5.57. The lowest BCUT2D eigenvalue weighted by Gasteiger charge is -1.99. The lowest BCUT2D eigenvalue weighted by molar-refractivity contribution is -0.385. The van der Waals surface area contributed by atoms with Crippen molar-refractivity contribution in [1.82, 2.24) is 4.98 Å². The summed E-state index contributed by atoms with van der Waals surface area (Å²) in [7, 11) is 0. The number of carbonyl (C=O) groups is 1. The van der Waals surface area contributed by atoms with E-state index in [0.717, 1.165) is 24.0 Å². The summed E-state index contributed by atoms with van der Waals surface area (Å²) in [6.07, 6.45) is 1.02. The molecule has 2 aromatic heterocycles. The Morgan fingerprint density at radius 3 is 2.85 bits per heavy atom. The fourth-order valence-electron chi connectivity index (χ4n) is 1.29. The van der Waals surface area contributed by atoms with Gasteiger partial charge in [-0.05, 0) is 23.9 Å². The largest absolute Gasteiger partial charge is 0.475 e. The summed E-state index contributed by atoms with van der Waals surface area (Å²) in [5.74, 6) is -1.46. The fourth-order valence-corrected chi connectivity index (χ4v) is 2.07. The first kappa shape index (κ1) is 13.6. The number of pyridine rings is 1. The van der Waals surface area contributed by atoms with Gasteiger partial charge in [0.1, 0.15) is 17.3 Å². The Kier molecular flexibility index (Phi) is 3.67. The molecule has 20 heavy (non-hydrogen) atoms.